The molecule has 0 aliphatic carbocycles. The zero-order chi connectivity index (χ0) is 14.1. The number of hydrogen-bond acceptors (Lipinski definition) is 4. The Kier molecular flexibility index (Phi) is 3.56. The summed E-state index contributed by atoms with van der Waals surface area (Å²) >= 11 is 3.49. The predicted octanol–water partition coefficient (Wildman–Crippen LogP) is 3.23. The number of anilines is 1. The van der Waals surface area contributed by atoms with Crippen LogP contribution in [0.4, 0.5) is 10.2 Å². The average molecular weight is 338 g/mol. The van der Waals surface area contributed by atoms with Crippen LogP contribution in [-0.4, -0.2) is 16.6 Å². The van der Waals surface area contributed by atoms with E-state index >= 15 is 0 Å². The average Bonchev–Trinajstić information content (AvgIpc) is 2.88. The van der Waals surface area contributed by atoms with E-state index in [1.54, 1.807) is 6.92 Å². The Morgan fingerprint density at radius 3 is 3.10 bits per heavy atom. The molecule has 3 rings (SSSR count). The summed E-state index contributed by atoms with van der Waals surface area (Å²) in [5, 5.41) is 3.00. The first-order valence-electron chi connectivity index (χ1n) is 6.30. The third kappa shape index (κ3) is 2.47. The van der Waals surface area contributed by atoms with Crippen molar-refractivity contribution in [1.29, 1.82) is 0 Å². The Morgan fingerprint density at radius 1 is 1.40 bits per heavy atom. The Morgan fingerprint density at radius 2 is 2.25 bits per heavy atom. The lowest BCUT2D eigenvalue weighted by molar-refractivity contribution is 0.354. The van der Waals surface area contributed by atoms with Crippen LogP contribution in [0, 0.1) is 12.7 Å². The predicted molar refractivity (Wildman–Crippen MR) is 77.4 cm³/mol. The molecule has 0 spiro atoms. The number of benzene rings is 1. The second-order valence-electron chi connectivity index (χ2n) is 4.63. The van der Waals surface area contributed by atoms with E-state index < -0.39 is 5.82 Å². The molecule has 0 amide bonds. The van der Waals surface area contributed by atoms with E-state index in [9.17, 15) is 4.39 Å². The molecule has 2 heterocycles. The summed E-state index contributed by atoms with van der Waals surface area (Å²) in [7, 11) is 0. The molecule has 0 unspecified atom stereocenters. The summed E-state index contributed by atoms with van der Waals surface area (Å²) in [5.41, 5.74) is 2.50. The first-order chi connectivity index (χ1) is 9.65. The van der Waals surface area contributed by atoms with Crippen LogP contribution in [0.25, 0.3) is 0 Å². The molecule has 2 aromatic rings. The molecule has 4 nitrogen and oxygen atoms in total. The van der Waals surface area contributed by atoms with Crippen LogP contribution in [-0.2, 0) is 13.0 Å². The lowest BCUT2D eigenvalue weighted by Crippen LogP contribution is -2.06. The second-order valence-corrected chi connectivity index (χ2v) is 5.54. The van der Waals surface area contributed by atoms with Gasteiger partial charge in [-0.2, -0.15) is 0 Å². The normalized spacial score (nSPS) is 12.9. The van der Waals surface area contributed by atoms with Crippen molar-refractivity contribution in [2.75, 3.05) is 11.9 Å². The monoisotopic (exact) mass is 337 g/mol. The Hall–Kier alpha value is -1.69. The highest BCUT2D eigenvalue weighted by molar-refractivity contribution is 9.10. The van der Waals surface area contributed by atoms with Crippen LogP contribution >= 0.6 is 15.9 Å². The Balaban J connectivity index is 1.84. The second kappa shape index (κ2) is 5.36. The van der Waals surface area contributed by atoms with E-state index in [1.165, 1.54) is 11.9 Å². The highest BCUT2D eigenvalue weighted by Gasteiger charge is 2.18. The van der Waals surface area contributed by atoms with E-state index in [0.29, 0.717) is 18.8 Å². The van der Waals surface area contributed by atoms with Crippen molar-refractivity contribution in [3.63, 3.8) is 0 Å². The smallest absolute Gasteiger partial charge is 0.186 e. The van der Waals surface area contributed by atoms with Crippen LogP contribution in [0.2, 0.25) is 0 Å². The van der Waals surface area contributed by atoms with Crippen molar-refractivity contribution in [2.24, 2.45) is 0 Å². The molecule has 0 atom stereocenters. The minimum atomic E-state index is -0.417. The molecule has 0 bridgehead atoms. The third-order valence-electron chi connectivity index (χ3n) is 3.24. The van der Waals surface area contributed by atoms with Gasteiger partial charge in [0.15, 0.2) is 11.6 Å². The molecule has 0 radical (unpaired) electrons. The highest BCUT2D eigenvalue weighted by Crippen LogP contribution is 2.33. The molecule has 0 fully saturated rings. The molecule has 1 aliphatic heterocycles. The molecule has 20 heavy (non-hydrogen) atoms. The van der Waals surface area contributed by atoms with Crippen molar-refractivity contribution in [2.45, 2.75) is 19.9 Å². The van der Waals surface area contributed by atoms with E-state index in [-0.39, 0.29) is 5.82 Å². The standard InChI is InChI=1S/C14H13BrFN3O/c1-8-12(16)14(19-7-18-8)17-6-10-5-11(15)4-9-2-3-20-13(9)10/h4-5,7H,2-3,6H2,1H3,(H,17,18,19). The molecule has 0 saturated heterocycles. The maximum Gasteiger partial charge on any atom is 0.186 e. The van der Waals surface area contributed by atoms with Gasteiger partial charge in [-0.15, -0.1) is 0 Å². The molecule has 6 heteroatoms. The minimum absolute atomic E-state index is 0.212. The first kappa shape index (κ1) is 13.3. The molecule has 1 aliphatic rings. The number of fused-ring (bicyclic) bond motifs is 1. The topological polar surface area (TPSA) is 47.0 Å². The minimum Gasteiger partial charge on any atom is -0.493 e. The first-order valence-corrected chi connectivity index (χ1v) is 7.09. The lowest BCUT2D eigenvalue weighted by atomic mass is 10.1. The number of rotatable bonds is 3. The highest BCUT2D eigenvalue weighted by atomic mass is 79.9. The Labute approximate surface area is 124 Å². The van der Waals surface area contributed by atoms with Gasteiger partial charge in [-0.3, -0.25) is 0 Å². The van der Waals surface area contributed by atoms with Gasteiger partial charge in [-0.25, -0.2) is 14.4 Å². The van der Waals surface area contributed by atoms with Gasteiger partial charge in [-0.1, -0.05) is 15.9 Å². The summed E-state index contributed by atoms with van der Waals surface area (Å²) in [6, 6.07) is 4.03. The van der Waals surface area contributed by atoms with E-state index in [2.05, 4.69) is 37.3 Å². The molecular formula is C14H13BrFN3O. The van der Waals surface area contributed by atoms with Crippen LogP contribution in [0.1, 0.15) is 16.8 Å². The van der Waals surface area contributed by atoms with Gasteiger partial charge in [0.05, 0.1) is 12.3 Å². The fourth-order valence-corrected chi connectivity index (χ4v) is 2.79. The lowest BCUT2D eigenvalue weighted by Gasteiger charge is -2.11. The summed E-state index contributed by atoms with van der Waals surface area (Å²) < 4.78 is 20.5. The van der Waals surface area contributed by atoms with Crippen LogP contribution in [0.3, 0.4) is 0 Å². The van der Waals surface area contributed by atoms with Crippen LogP contribution < -0.4 is 10.1 Å². The molecule has 104 valence electrons. The van der Waals surface area contributed by atoms with Gasteiger partial charge in [0.25, 0.3) is 0 Å². The van der Waals surface area contributed by atoms with E-state index in [0.717, 1.165) is 22.2 Å². The third-order valence-corrected chi connectivity index (χ3v) is 3.69. The molecule has 1 aromatic carbocycles. The maximum atomic E-state index is 13.8. The quantitative estimate of drug-likeness (QED) is 0.933. The van der Waals surface area contributed by atoms with Gasteiger partial charge in [0.1, 0.15) is 12.1 Å². The van der Waals surface area contributed by atoms with Crippen molar-refractivity contribution in [1.82, 2.24) is 9.97 Å². The fourth-order valence-electron chi connectivity index (χ4n) is 2.24. The molecule has 1 aromatic heterocycles. The zero-order valence-electron chi connectivity index (χ0n) is 10.9. The summed E-state index contributed by atoms with van der Waals surface area (Å²) in [6.45, 7) is 2.76. The van der Waals surface area contributed by atoms with Gasteiger partial charge in [-0.05, 0) is 24.6 Å². The van der Waals surface area contributed by atoms with Gasteiger partial charge in [0.2, 0.25) is 0 Å². The fraction of sp³-hybridized carbons (Fsp3) is 0.286. The molecule has 1 N–H and O–H groups in total. The summed E-state index contributed by atoms with van der Waals surface area (Å²) in [4.78, 5) is 7.73. The van der Waals surface area contributed by atoms with Crippen LogP contribution in [0.5, 0.6) is 5.75 Å². The zero-order valence-corrected chi connectivity index (χ0v) is 12.5. The van der Waals surface area contributed by atoms with Gasteiger partial charge < -0.3 is 10.1 Å². The SMILES string of the molecule is Cc1ncnc(NCc2cc(Br)cc3c2OCC3)c1F. The molecule has 0 saturated carbocycles. The van der Waals surface area contributed by atoms with Crippen molar-refractivity contribution in [3.8, 4) is 5.75 Å². The Bertz CT molecular complexity index is 663. The van der Waals surface area contributed by atoms with Crippen LogP contribution in [0.15, 0.2) is 22.9 Å². The number of aryl methyl sites for hydroxylation is 1. The number of nitrogens with one attached hydrogen (secondary N) is 1. The summed E-state index contributed by atoms with van der Waals surface area (Å²) in [5.74, 6) is 0.691. The molecular weight excluding hydrogens is 325 g/mol. The number of aromatic nitrogens is 2. The number of hydrogen-bond donors (Lipinski definition) is 1. The van der Waals surface area contributed by atoms with Crippen molar-refractivity contribution >= 4 is 21.7 Å². The largest absolute Gasteiger partial charge is 0.493 e. The van der Waals surface area contributed by atoms with Crippen molar-refractivity contribution < 1.29 is 9.13 Å². The summed E-state index contributed by atoms with van der Waals surface area (Å²) in [6.07, 6.45) is 2.26. The number of halogens is 2. The van der Waals surface area contributed by atoms with Crippen molar-refractivity contribution in [3.05, 3.63) is 45.6 Å². The number of nitrogens with zero attached hydrogens (tertiary/aromatic N) is 2. The number of ether oxygens (including phenoxy) is 1. The van der Waals surface area contributed by atoms with E-state index in [1.807, 2.05) is 6.07 Å². The maximum absolute atomic E-state index is 13.8. The van der Waals surface area contributed by atoms with Gasteiger partial charge >= 0.3 is 0 Å². The van der Waals surface area contributed by atoms with E-state index in [4.69, 9.17) is 4.74 Å². The van der Waals surface area contributed by atoms with Gasteiger partial charge in [0, 0.05) is 23.0 Å².